The van der Waals surface area contributed by atoms with Crippen LogP contribution in [0, 0.1) is 0 Å². The molecule has 0 saturated heterocycles. The Balaban J connectivity index is 0.00000196. The second-order valence-corrected chi connectivity index (χ2v) is 2.71. The summed E-state index contributed by atoms with van der Waals surface area (Å²) in [5.74, 6) is -1.05. The first-order valence-electron chi connectivity index (χ1n) is 3.89. The van der Waals surface area contributed by atoms with Gasteiger partial charge in [0.15, 0.2) is 0 Å². The first-order valence-corrected chi connectivity index (χ1v) is 3.89. The van der Waals surface area contributed by atoms with Gasteiger partial charge in [0.2, 0.25) is 5.91 Å². The summed E-state index contributed by atoms with van der Waals surface area (Å²) >= 11 is 0. The first-order chi connectivity index (χ1) is 6.47. The van der Waals surface area contributed by atoms with Crippen molar-refractivity contribution in [3.8, 4) is 0 Å². The third-order valence-corrected chi connectivity index (χ3v) is 1.49. The molecule has 1 N–H and O–H groups in total. The van der Waals surface area contributed by atoms with Crippen LogP contribution in [0.1, 0.15) is 5.56 Å². The monoisotopic (exact) mass is 239 g/mol. The highest BCUT2D eigenvalue weighted by Gasteiger charge is 2.29. The lowest BCUT2D eigenvalue weighted by molar-refractivity contribution is -0.169. The molecular formula is C9H9ClF3NO. The summed E-state index contributed by atoms with van der Waals surface area (Å²) < 4.78 is 35.0. The predicted molar refractivity (Wildman–Crippen MR) is 51.6 cm³/mol. The van der Waals surface area contributed by atoms with Gasteiger partial charge in [0.1, 0.15) is 0 Å². The molecule has 1 amide bonds. The zero-order valence-corrected chi connectivity index (χ0v) is 8.36. The summed E-state index contributed by atoms with van der Waals surface area (Å²) in [6.07, 6.45) is -4.91. The fraction of sp³-hybridized carbons (Fsp3) is 0.222. The average Bonchev–Trinajstić information content (AvgIpc) is 2.02. The maximum absolute atomic E-state index is 11.7. The number of carbonyl (C=O) groups excluding carboxylic acids is 1. The summed E-state index contributed by atoms with van der Waals surface area (Å²) in [7, 11) is 0. The van der Waals surface area contributed by atoms with E-state index in [0.717, 1.165) is 5.32 Å². The van der Waals surface area contributed by atoms with Crippen LogP contribution in [0.15, 0.2) is 30.3 Å². The molecule has 0 unspecified atom stereocenters. The van der Waals surface area contributed by atoms with E-state index in [9.17, 15) is 18.0 Å². The van der Waals surface area contributed by atoms with Crippen molar-refractivity contribution in [3.05, 3.63) is 35.9 Å². The second kappa shape index (κ2) is 5.60. The largest absolute Gasteiger partial charge is 0.484 e. The molecule has 1 aromatic carbocycles. The maximum Gasteiger partial charge on any atom is 0.484 e. The highest BCUT2D eigenvalue weighted by atomic mass is 35.5. The third-order valence-electron chi connectivity index (χ3n) is 1.49. The molecule has 6 heteroatoms. The summed E-state index contributed by atoms with van der Waals surface area (Å²) in [5.41, 5.74) is 0.550. The van der Waals surface area contributed by atoms with Crippen LogP contribution in [-0.4, -0.2) is 12.2 Å². The number of hydrogen-bond donors (Lipinski definition) is 1. The molecule has 0 fully saturated rings. The van der Waals surface area contributed by atoms with Crippen molar-refractivity contribution in [2.75, 3.05) is 0 Å². The van der Waals surface area contributed by atoms with Crippen LogP contribution >= 0.6 is 12.4 Å². The van der Waals surface area contributed by atoms with Crippen molar-refractivity contribution in [3.63, 3.8) is 0 Å². The van der Waals surface area contributed by atoms with Gasteiger partial charge in [-0.05, 0) is 5.56 Å². The van der Waals surface area contributed by atoms with Crippen LogP contribution in [-0.2, 0) is 11.2 Å². The van der Waals surface area contributed by atoms with Gasteiger partial charge >= 0.3 is 6.30 Å². The smallest absolute Gasteiger partial charge is 0.274 e. The van der Waals surface area contributed by atoms with Gasteiger partial charge in [0, 0.05) is 0 Å². The highest BCUT2D eigenvalue weighted by molar-refractivity contribution is 5.85. The maximum atomic E-state index is 11.7. The highest BCUT2D eigenvalue weighted by Crippen LogP contribution is 2.10. The average molecular weight is 240 g/mol. The Hall–Kier alpha value is -1.23. The standard InChI is InChI=1S/C9H8F3NO.ClH/c10-9(11,12)13-8(14)6-7-4-2-1-3-5-7;/h1-5H,6H2,(H,13,14);1H. The quantitative estimate of drug-likeness (QED) is 0.789. The lowest BCUT2D eigenvalue weighted by atomic mass is 10.1. The fourth-order valence-electron chi connectivity index (χ4n) is 0.984. The molecule has 0 aliphatic carbocycles. The van der Waals surface area contributed by atoms with E-state index < -0.39 is 12.2 Å². The first kappa shape index (κ1) is 13.8. The van der Waals surface area contributed by atoms with E-state index in [2.05, 4.69) is 0 Å². The topological polar surface area (TPSA) is 29.1 Å². The van der Waals surface area contributed by atoms with Gasteiger partial charge in [-0.3, -0.25) is 10.1 Å². The molecule has 1 rings (SSSR count). The number of amides is 1. The number of nitrogens with one attached hydrogen (secondary N) is 1. The Morgan fingerprint density at radius 2 is 1.73 bits per heavy atom. The lowest BCUT2D eigenvalue weighted by Crippen LogP contribution is -2.38. The SMILES string of the molecule is Cl.O=C(Cc1ccccc1)NC(F)(F)F. The normalized spacial score (nSPS) is 10.3. The molecule has 15 heavy (non-hydrogen) atoms. The van der Waals surface area contributed by atoms with Crippen molar-refractivity contribution < 1.29 is 18.0 Å². The minimum Gasteiger partial charge on any atom is -0.274 e. The molecule has 0 aromatic heterocycles. The van der Waals surface area contributed by atoms with E-state index in [-0.39, 0.29) is 18.8 Å². The molecule has 0 aliphatic rings. The van der Waals surface area contributed by atoms with Crippen LogP contribution in [0.4, 0.5) is 13.2 Å². The minimum absolute atomic E-state index is 0. The van der Waals surface area contributed by atoms with Crippen LogP contribution in [0.5, 0.6) is 0 Å². The number of halogens is 4. The fourth-order valence-corrected chi connectivity index (χ4v) is 0.984. The Morgan fingerprint density at radius 3 is 2.20 bits per heavy atom. The third kappa shape index (κ3) is 5.96. The molecule has 0 heterocycles. The van der Waals surface area contributed by atoms with Crippen LogP contribution in [0.3, 0.4) is 0 Å². The summed E-state index contributed by atoms with van der Waals surface area (Å²) in [6.45, 7) is 0. The van der Waals surface area contributed by atoms with E-state index in [1.165, 1.54) is 0 Å². The number of rotatable bonds is 2. The molecule has 0 bridgehead atoms. The van der Waals surface area contributed by atoms with E-state index in [4.69, 9.17) is 0 Å². The van der Waals surface area contributed by atoms with Gasteiger partial charge < -0.3 is 0 Å². The van der Waals surface area contributed by atoms with Crippen LogP contribution in [0.25, 0.3) is 0 Å². The molecule has 0 saturated carbocycles. The van der Waals surface area contributed by atoms with Crippen molar-refractivity contribution in [1.29, 1.82) is 0 Å². The molecule has 0 spiro atoms. The number of hydrogen-bond acceptors (Lipinski definition) is 1. The number of carbonyl (C=O) groups is 1. The number of alkyl halides is 3. The Bertz CT molecular complexity index is 313. The van der Waals surface area contributed by atoms with Gasteiger partial charge in [-0.15, -0.1) is 12.4 Å². The molecule has 84 valence electrons. The van der Waals surface area contributed by atoms with Crippen molar-refractivity contribution in [1.82, 2.24) is 5.32 Å². The Kier molecular flexibility index (Phi) is 5.14. The van der Waals surface area contributed by atoms with Crippen molar-refractivity contribution in [2.45, 2.75) is 12.7 Å². The van der Waals surface area contributed by atoms with Crippen LogP contribution in [0.2, 0.25) is 0 Å². The van der Waals surface area contributed by atoms with Gasteiger partial charge in [-0.2, -0.15) is 13.2 Å². The number of benzene rings is 1. The van der Waals surface area contributed by atoms with Gasteiger partial charge in [0.25, 0.3) is 0 Å². The van der Waals surface area contributed by atoms with Gasteiger partial charge in [0.05, 0.1) is 6.42 Å². The molecule has 0 atom stereocenters. The summed E-state index contributed by atoms with van der Waals surface area (Å²) in [5, 5.41) is 0.929. The lowest BCUT2D eigenvalue weighted by Gasteiger charge is -2.07. The van der Waals surface area contributed by atoms with E-state index in [0.29, 0.717) is 5.56 Å². The molecule has 1 aromatic rings. The van der Waals surface area contributed by atoms with Crippen molar-refractivity contribution >= 4 is 18.3 Å². The predicted octanol–water partition coefficient (Wildman–Crippen LogP) is 2.29. The Morgan fingerprint density at radius 1 is 1.20 bits per heavy atom. The van der Waals surface area contributed by atoms with Crippen LogP contribution < -0.4 is 5.32 Å². The molecule has 0 radical (unpaired) electrons. The molecular weight excluding hydrogens is 231 g/mol. The molecule has 0 aliphatic heterocycles. The van der Waals surface area contributed by atoms with E-state index in [1.807, 2.05) is 0 Å². The molecule has 2 nitrogen and oxygen atoms in total. The van der Waals surface area contributed by atoms with E-state index in [1.54, 1.807) is 30.3 Å². The second-order valence-electron chi connectivity index (χ2n) is 2.71. The minimum atomic E-state index is -4.65. The summed E-state index contributed by atoms with van der Waals surface area (Å²) in [6, 6.07) is 8.24. The van der Waals surface area contributed by atoms with Gasteiger partial charge in [-0.1, -0.05) is 30.3 Å². The van der Waals surface area contributed by atoms with E-state index >= 15 is 0 Å². The zero-order chi connectivity index (χ0) is 10.6. The van der Waals surface area contributed by atoms with Crippen molar-refractivity contribution in [2.24, 2.45) is 0 Å². The zero-order valence-electron chi connectivity index (χ0n) is 7.54. The summed E-state index contributed by atoms with van der Waals surface area (Å²) in [4.78, 5) is 10.8. The van der Waals surface area contributed by atoms with Gasteiger partial charge in [-0.25, -0.2) is 0 Å². The Labute approximate surface area is 90.9 Å².